The molecule has 3 rings (SSSR count). The molecular weight excluding hydrogens is 376 g/mol. The number of hydrogen-bond acceptors (Lipinski definition) is 4. The van der Waals surface area contributed by atoms with Gasteiger partial charge in [0.2, 0.25) is 10.0 Å². The summed E-state index contributed by atoms with van der Waals surface area (Å²) in [4.78, 5) is 12.5. The summed E-state index contributed by atoms with van der Waals surface area (Å²) < 4.78 is 31.5. The van der Waals surface area contributed by atoms with E-state index in [1.54, 1.807) is 35.7 Å². The largest absolute Gasteiger partial charge is 0.497 e. The molecule has 1 amide bonds. The zero-order chi connectivity index (χ0) is 20.1. The molecule has 1 aliphatic heterocycles. The van der Waals surface area contributed by atoms with Gasteiger partial charge in [0, 0.05) is 18.7 Å². The van der Waals surface area contributed by atoms with Crippen LogP contribution in [0, 0.1) is 0 Å². The molecular formula is C21H26N2O4S. The van der Waals surface area contributed by atoms with Crippen LogP contribution in [0.1, 0.15) is 47.3 Å². The highest BCUT2D eigenvalue weighted by molar-refractivity contribution is 7.88. The topological polar surface area (TPSA) is 75.7 Å². The Balaban J connectivity index is 1.61. The smallest absolute Gasteiger partial charge is 0.251 e. The average Bonchev–Trinajstić information content (AvgIpc) is 3.24. The highest BCUT2D eigenvalue weighted by atomic mass is 32.2. The van der Waals surface area contributed by atoms with Crippen molar-refractivity contribution in [3.05, 3.63) is 65.2 Å². The van der Waals surface area contributed by atoms with Gasteiger partial charge in [-0.2, -0.15) is 0 Å². The predicted octanol–water partition coefficient (Wildman–Crippen LogP) is 3.11. The quantitative estimate of drug-likeness (QED) is 0.772. The normalized spacial score (nSPS) is 15.9. The molecule has 6 nitrogen and oxygen atoms in total. The lowest BCUT2D eigenvalue weighted by atomic mass is 10.1. The van der Waals surface area contributed by atoms with Gasteiger partial charge in [0.25, 0.3) is 5.91 Å². The van der Waals surface area contributed by atoms with E-state index in [-0.39, 0.29) is 17.7 Å². The number of hydrogen-bond donors (Lipinski definition) is 1. The van der Waals surface area contributed by atoms with Gasteiger partial charge in [-0.05, 0) is 55.2 Å². The number of ether oxygens (including phenoxy) is 1. The van der Waals surface area contributed by atoms with E-state index >= 15 is 0 Å². The second-order valence-corrected chi connectivity index (χ2v) is 9.00. The summed E-state index contributed by atoms with van der Waals surface area (Å²) in [5, 5.41) is 2.96. The zero-order valence-corrected chi connectivity index (χ0v) is 17.0. The molecule has 0 spiro atoms. The van der Waals surface area contributed by atoms with Crippen LogP contribution in [0.2, 0.25) is 0 Å². The maximum Gasteiger partial charge on any atom is 0.251 e. The molecule has 2 aromatic rings. The fourth-order valence-electron chi connectivity index (χ4n) is 3.28. The van der Waals surface area contributed by atoms with Crippen molar-refractivity contribution in [2.75, 3.05) is 20.2 Å². The van der Waals surface area contributed by atoms with Crippen LogP contribution in [-0.2, 0) is 15.8 Å². The van der Waals surface area contributed by atoms with Gasteiger partial charge in [0.15, 0.2) is 0 Å². The number of amides is 1. The second kappa shape index (κ2) is 8.75. The third-order valence-electron chi connectivity index (χ3n) is 4.99. The fourth-order valence-corrected chi connectivity index (χ4v) is 4.89. The SMILES string of the molecule is COc1ccc([C@H](C)NC(=O)c2ccc(CS(=O)(=O)N3CCCC3)cc2)cc1. The van der Waals surface area contributed by atoms with Crippen molar-refractivity contribution in [1.82, 2.24) is 9.62 Å². The Hall–Kier alpha value is -2.38. The minimum Gasteiger partial charge on any atom is -0.497 e. The van der Waals surface area contributed by atoms with Crippen molar-refractivity contribution in [3.8, 4) is 5.75 Å². The molecule has 0 aliphatic carbocycles. The number of carbonyl (C=O) groups excluding carboxylic acids is 1. The molecule has 1 fully saturated rings. The van der Waals surface area contributed by atoms with E-state index in [0.717, 1.165) is 24.2 Å². The number of methoxy groups -OCH3 is 1. The maximum atomic E-state index is 12.5. The van der Waals surface area contributed by atoms with Crippen molar-refractivity contribution >= 4 is 15.9 Å². The van der Waals surface area contributed by atoms with Crippen LogP contribution in [0.3, 0.4) is 0 Å². The van der Waals surface area contributed by atoms with E-state index in [4.69, 9.17) is 4.74 Å². The third kappa shape index (κ3) is 4.91. The Kier molecular flexibility index (Phi) is 6.36. The van der Waals surface area contributed by atoms with Gasteiger partial charge >= 0.3 is 0 Å². The Labute approximate surface area is 166 Å². The first kappa shape index (κ1) is 20.4. The molecule has 1 N–H and O–H groups in total. The van der Waals surface area contributed by atoms with Crippen molar-refractivity contribution < 1.29 is 17.9 Å². The molecule has 0 saturated carbocycles. The molecule has 1 atom stereocenters. The van der Waals surface area contributed by atoms with Crippen LogP contribution < -0.4 is 10.1 Å². The molecule has 1 saturated heterocycles. The van der Waals surface area contributed by atoms with Crippen molar-refractivity contribution in [1.29, 1.82) is 0 Å². The first-order valence-corrected chi connectivity index (χ1v) is 11.0. The molecule has 0 unspecified atom stereocenters. The van der Waals surface area contributed by atoms with Crippen LogP contribution in [0.15, 0.2) is 48.5 Å². The molecule has 1 aliphatic rings. The monoisotopic (exact) mass is 402 g/mol. The fraction of sp³-hybridized carbons (Fsp3) is 0.381. The standard InChI is InChI=1S/C21H26N2O4S/c1-16(18-9-11-20(27-2)12-10-18)22-21(24)19-7-5-17(6-8-19)15-28(25,26)23-13-3-4-14-23/h5-12,16H,3-4,13-15H2,1-2H3,(H,22,24)/t16-/m0/s1. The molecule has 0 bridgehead atoms. The molecule has 0 aromatic heterocycles. The molecule has 1 heterocycles. The third-order valence-corrected chi connectivity index (χ3v) is 6.84. The van der Waals surface area contributed by atoms with Crippen LogP contribution >= 0.6 is 0 Å². The van der Waals surface area contributed by atoms with Gasteiger partial charge in [-0.1, -0.05) is 24.3 Å². The summed E-state index contributed by atoms with van der Waals surface area (Å²) in [6.07, 6.45) is 1.84. The molecule has 0 radical (unpaired) electrons. The summed E-state index contributed by atoms with van der Waals surface area (Å²) in [6, 6.07) is 14.1. The van der Waals surface area contributed by atoms with E-state index in [1.807, 2.05) is 31.2 Å². The number of sulfonamides is 1. The summed E-state index contributed by atoms with van der Waals surface area (Å²) in [6.45, 7) is 3.12. The average molecular weight is 403 g/mol. The number of nitrogens with one attached hydrogen (secondary N) is 1. The van der Waals surface area contributed by atoms with Crippen molar-refractivity contribution in [3.63, 3.8) is 0 Å². The maximum absolute atomic E-state index is 12.5. The highest BCUT2D eigenvalue weighted by Crippen LogP contribution is 2.19. The minimum atomic E-state index is -3.28. The Morgan fingerprint density at radius 2 is 1.68 bits per heavy atom. The first-order valence-electron chi connectivity index (χ1n) is 9.40. The summed E-state index contributed by atoms with van der Waals surface area (Å²) in [5.74, 6) is 0.538. The number of benzene rings is 2. The predicted molar refractivity (Wildman–Crippen MR) is 109 cm³/mol. The van der Waals surface area contributed by atoms with E-state index in [2.05, 4.69) is 5.32 Å². The molecule has 7 heteroatoms. The van der Waals surface area contributed by atoms with Crippen LogP contribution in [0.25, 0.3) is 0 Å². The first-order chi connectivity index (χ1) is 13.4. The van der Waals surface area contributed by atoms with Gasteiger partial charge < -0.3 is 10.1 Å². The van der Waals surface area contributed by atoms with Gasteiger partial charge in [-0.25, -0.2) is 12.7 Å². The number of nitrogens with zero attached hydrogens (tertiary/aromatic N) is 1. The Morgan fingerprint density at radius 3 is 2.25 bits per heavy atom. The lowest BCUT2D eigenvalue weighted by Crippen LogP contribution is -2.29. The number of rotatable bonds is 7. The highest BCUT2D eigenvalue weighted by Gasteiger charge is 2.25. The summed E-state index contributed by atoms with van der Waals surface area (Å²) >= 11 is 0. The van der Waals surface area contributed by atoms with Crippen LogP contribution in [0.5, 0.6) is 5.75 Å². The molecule has 28 heavy (non-hydrogen) atoms. The molecule has 150 valence electrons. The number of carbonyl (C=O) groups is 1. The van der Waals surface area contributed by atoms with E-state index in [0.29, 0.717) is 24.2 Å². The molecule has 2 aromatic carbocycles. The van der Waals surface area contributed by atoms with Crippen LogP contribution in [0.4, 0.5) is 0 Å². The minimum absolute atomic E-state index is 0.0306. The van der Waals surface area contributed by atoms with E-state index < -0.39 is 10.0 Å². The lowest BCUT2D eigenvalue weighted by Gasteiger charge is -2.16. The lowest BCUT2D eigenvalue weighted by molar-refractivity contribution is 0.0940. The van der Waals surface area contributed by atoms with Gasteiger partial charge in [0.1, 0.15) is 5.75 Å². The van der Waals surface area contributed by atoms with E-state index in [1.165, 1.54) is 0 Å². The Morgan fingerprint density at radius 1 is 1.07 bits per heavy atom. The van der Waals surface area contributed by atoms with Crippen molar-refractivity contribution in [2.24, 2.45) is 0 Å². The summed E-state index contributed by atoms with van der Waals surface area (Å²) in [5.41, 5.74) is 2.16. The summed E-state index contributed by atoms with van der Waals surface area (Å²) in [7, 11) is -1.67. The van der Waals surface area contributed by atoms with Gasteiger partial charge in [-0.3, -0.25) is 4.79 Å². The van der Waals surface area contributed by atoms with E-state index in [9.17, 15) is 13.2 Å². The van der Waals surface area contributed by atoms with Gasteiger partial charge in [-0.15, -0.1) is 0 Å². The Bertz CT molecular complexity index is 902. The van der Waals surface area contributed by atoms with Crippen molar-refractivity contribution in [2.45, 2.75) is 31.6 Å². The zero-order valence-electron chi connectivity index (χ0n) is 16.2. The van der Waals surface area contributed by atoms with Gasteiger partial charge in [0.05, 0.1) is 18.9 Å². The van der Waals surface area contributed by atoms with Crippen LogP contribution in [-0.4, -0.2) is 38.8 Å². The second-order valence-electron chi connectivity index (χ2n) is 7.03.